The lowest BCUT2D eigenvalue weighted by Crippen LogP contribution is -2.44. The molecular weight excluding hydrogens is 438 g/mol. The van der Waals surface area contributed by atoms with Crippen LogP contribution in [-0.2, 0) is 6.54 Å². The smallest absolute Gasteiger partial charge is 0.155 e. The van der Waals surface area contributed by atoms with E-state index in [1.165, 1.54) is 16.6 Å². The molecule has 0 radical (unpaired) electrons. The average molecular weight is 468 g/mol. The van der Waals surface area contributed by atoms with Crippen molar-refractivity contribution < 1.29 is 0 Å². The van der Waals surface area contributed by atoms with E-state index in [-0.39, 0.29) is 0 Å². The zero-order valence-corrected chi connectivity index (χ0v) is 20.3. The zero-order chi connectivity index (χ0) is 23.9. The minimum atomic E-state index is 0.761. The van der Waals surface area contributed by atoms with E-state index in [4.69, 9.17) is 0 Å². The first-order valence-electron chi connectivity index (χ1n) is 11.9. The van der Waals surface area contributed by atoms with Gasteiger partial charge in [0.2, 0.25) is 0 Å². The minimum absolute atomic E-state index is 0.761. The van der Waals surface area contributed by atoms with Crippen LogP contribution in [0.15, 0.2) is 49.2 Å². The number of likely N-dealkylation sites (N-methyl/N-ethyl adjacent to an activating group) is 1. The first kappa shape index (κ1) is 21.7. The molecule has 5 aromatic rings. The van der Waals surface area contributed by atoms with Crippen molar-refractivity contribution in [1.82, 2.24) is 39.9 Å². The Balaban J connectivity index is 1.39. The number of aromatic nitrogens is 6. The van der Waals surface area contributed by atoms with Crippen LogP contribution in [0.4, 0.5) is 5.69 Å². The van der Waals surface area contributed by atoms with Crippen LogP contribution in [0.5, 0.6) is 0 Å². The van der Waals surface area contributed by atoms with Gasteiger partial charge in [-0.3, -0.25) is 15.1 Å². The Bertz CT molecular complexity index is 1490. The van der Waals surface area contributed by atoms with E-state index >= 15 is 0 Å². The second kappa shape index (κ2) is 8.75. The van der Waals surface area contributed by atoms with E-state index in [1.807, 2.05) is 31.0 Å². The topological polar surface area (TPSA) is 92.9 Å². The summed E-state index contributed by atoms with van der Waals surface area (Å²) >= 11 is 0. The van der Waals surface area contributed by atoms with Crippen molar-refractivity contribution in [1.29, 1.82) is 0 Å². The Kier molecular flexibility index (Phi) is 5.43. The average Bonchev–Trinajstić information content (AvgIpc) is 3.48. The van der Waals surface area contributed by atoms with Gasteiger partial charge in [-0.2, -0.15) is 5.10 Å². The third-order valence-corrected chi connectivity index (χ3v) is 6.67. The molecule has 0 aromatic carbocycles. The van der Waals surface area contributed by atoms with Crippen LogP contribution in [0.2, 0.25) is 0 Å². The monoisotopic (exact) mass is 467 g/mol. The molecule has 0 unspecified atom stereocenters. The fourth-order valence-corrected chi connectivity index (χ4v) is 4.83. The molecule has 2 N–H and O–H groups in total. The van der Waals surface area contributed by atoms with Crippen molar-refractivity contribution in [2.24, 2.45) is 0 Å². The number of fused-ring (bicyclic) bond motifs is 2. The summed E-state index contributed by atoms with van der Waals surface area (Å²) in [6, 6.07) is 6.50. The second-order valence-corrected chi connectivity index (χ2v) is 9.61. The Morgan fingerprint density at radius 3 is 2.51 bits per heavy atom. The lowest BCUT2D eigenvalue weighted by molar-refractivity contribution is 0.313. The maximum atomic E-state index is 4.65. The number of piperazine rings is 1. The lowest BCUT2D eigenvalue weighted by Gasteiger charge is -2.34. The highest BCUT2D eigenvalue weighted by Gasteiger charge is 2.19. The molecule has 0 aliphatic carbocycles. The Morgan fingerprint density at radius 2 is 1.69 bits per heavy atom. The van der Waals surface area contributed by atoms with Crippen LogP contribution in [0, 0.1) is 0 Å². The normalized spacial score (nSPS) is 15.0. The van der Waals surface area contributed by atoms with E-state index in [0.29, 0.717) is 0 Å². The summed E-state index contributed by atoms with van der Waals surface area (Å²) in [5.74, 6) is 0. The van der Waals surface area contributed by atoms with Gasteiger partial charge in [0.15, 0.2) is 5.65 Å². The lowest BCUT2D eigenvalue weighted by atomic mass is 10.1. The first-order chi connectivity index (χ1) is 17.0. The Morgan fingerprint density at radius 1 is 0.886 bits per heavy atom. The zero-order valence-electron chi connectivity index (χ0n) is 20.3. The van der Waals surface area contributed by atoms with Crippen LogP contribution >= 0.6 is 0 Å². The molecule has 1 saturated heterocycles. The molecule has 5 aromatic heterocycles. The highest BCUT2D eigenvalue weighted by molar-refractivity contribution is 5.99. The molecule has 9 heteroatoms. The van der Waals surface area contributed by atoms with Crippen molar-refractivity contribution in [2.45, 2.75) is 6.54 Å². The third-order valence-electron chi connectivity index (χ3n) is 6.67. The van der Waals surface area contributed by atoms with Gasteiger partial charge >= 0.3 is 0 Å². The van der Waals surface area contributed by atoms with Gasteiger partial charge in [-0.1, -0.05) is 0 Å². The number of hydrogen-bond acceptors (Lipinski definition) is 7. The van der Waals surface area contributed by atoms with Gasteiger partial charge in [0.25, 0.3) is 0 Å². The SMILES string of the molecule is CN(C)Cc1cncc(-c2cnc3[nH]nc(-c4cc5c(N6CCN(C)CC6)cncc5[nH]4)c3c2)c1. The Hall–Kier alpha value is -3.82. The molecule has 6 rings (SSSR count). The molecular formula is C26H29N9. The molecule has 0 atom stereocenters. The van der Waals surface area contributed by atoms with E-state index in [2.05, 4.69) is 84.2 Å². The van der Waals surface area contributed by atoms with Crippen molar-refractivity contribution >= 4 is 27.6 Å². The number of aromatic amines is 2. The Labute approximate surface area is 203 Å². The summed E-state index contributed by atoms with van der Waals surface area (Å²) in [7, 11) is 6.29. The van der Waals surface area contributed by atoms with E-state index < -0.39 is 0 Å². The predicted octanol–water partition coefficient (Wildman–Crippen LogP) is 3.38. The number of nitrogens with one attached hydrogen (secondary N) is 2. The van der Waals surface area contributed by atoms with Gasteiger partial charge in [-0.05, 0) is 44.9 Å². The van der Waals surface area contributed by atoms with Gasteiger partial charge in [0.05, 0.1) is 29.3 Å². The quantitative estimate of drug-likeness (QED) is 0.409. The number of H-pyrrole nitrogens is 2. The molecule has 0 bridgehead atoms. The third kappa shape index (κ3) is 4.13. The highest BCUT2D eigenvalue weighted by Crippen LogP contribution is 2.34. The molecule has 0 amide bonds. The summed E-state index contributed by atoms with van der Waals surface area (Å²) < 4.78 is 0. The van der Waals surface area contributed by atoms with Crippen molar-refractivity contribution in [3.63, 3.8) is 0 Å². The van der Waals surface area contributed by atoms with Gasteiger partial charge < -0.3 is 19.7 Å². The minimum Gasteiger partial charge on any atom is -0.367 e. The van der Waals surface area contributed by atoms with Crippen molar-refractivity contribution in [3.05, 3.63) is 54.7 Å². The fourth-order valence-electron chi connectivity index (χ4n) is 4.83. The maximum Gasteiger partial charge on any atom is 0.155 e. The van der Waals surface area contributed by atoms with Crippen LogP contribution < -0.4 is 4.90 Å². The van der Waals surface area contributed by atoms with Crippen LogP contribution in [0.3, 0.4) is 0 Å². The molecule has 1 aliphatic heterocycles. The molecule has 35 heavy (non-hydrogen) atoms. The first-order valence-corrected chi connectivity index (χ1v) is 11.9. The summed E-state index contributed by atoms with van der Waals surface area (Å²) in [6.45, 7) is 4.94. The summed E-state index contributed by atoms with van der Waals surface area (Å²) in [6.07, 6.45) is 9.54. The molecule has 9 nitrogen and oxygen atoms in total. The molecule has 0 saturated carbocycles. The molecule has 1 fully saturated rings. The van der Waals surface area contributed by atoms with E-state index in [0.717, 1.165) is 71.8 Å². The second-order valence-electron chi connectivity index (χ2n) is 9.61. The maximum absolute atomic E-state index is 4.65. The fraction of sp³-hybridized carbons (Fsp3) is 0.308. The van der Waals surface area contributed by atoms with Crippen LogP contribution in [0.1, 0.15) is 5.56 Å². The number of pyridine rings is 3. The van der Waals surface area contributed by atoms with Crippen LogP contribution in [-0.4, -0.2) is 87.3 Å². The summed E-state index contributed by atoms with van der Waals surface area (Å²) in [4.78, 5) is 24.1. The van der Waals surface area contributed by atoms with Gasteiger partial charge in [-0.15, -0.1) is 0 Å². The predicted molar refractivity (Wildman–Crippen MR) is 139 cm³/mol. The largest absolute Gasteiger partial charge is 0.367 e. The van der Waals surface area contributed by atoms with E-state index in [1.54, 1.807) is 0 Å². The number of anilines is 1. The number of rotatable bonds is 5. The summed E-state index contributed by atoms with van der Waals surface area (Å²) in [5.41, 5.74) is 7.98. The number of hydrogen-bond donors (Lipinski definition) is 2. The molecule has 0 spiro atoms. The van der Waals surface area contributed by atoms with Crippen molar-refractivity contribution in [3.8, 4) is 22.5 Å². The van der Waals surface area contributed by atoms with Crippen LogP contribution in [0.25, 0.3) is 44.5 Å². The van der Waals surface area contributed by atoms with Gasteiger partial charge in [0.1, 0.15) is 5.69 Å². The van der Waals surface area contributed by atoms with Crippen molar-refractivity contribution in [2.75, 3.05) is 52.2 Å². The molecule has 6 heterocycles. The number of nitrogens with zero attached hydrogens (tertiary/aromatic N) is 7. The van der Waals surface area contributed by atoms with E-state index in [9.17, 15) is 0 Å². The van der Waals surface area contributed by atoms with Gasteiger partial charge in [-0.25, -0.2) is 4.98 Å². The summed E-state index contributed by atoms with van der Waals surface area (Å²) in [5, 5.41) is 9.86. The molecule has 1 aliphatic rings. The highest BCUT2D eigenvalue weighted by atomic mass is 15.3. The standard InChI is InChI=1S/C26H29N9/c1-33(2)16-17-8-18(12-27-11-17)19-9-21-25(31-32-26(21)29-13-19)22-10-20-23(30-22)14-28-15-24(20)35-6-4-34(3)5-7-35/h8-15,30H,4-7,16H2,1-3H3,(H,29,31,32). The van der Waals surface area contributed by atoms with Gasteiger partial charge in [0, 0.05) is 73.2 Å². The molecule has 178 valence electrons.